The standard InChI is InChI=1S/C8H20N2O3S/c1-8(2)9-4-7-14(12,13)10(3)5-6-11/h8-9,11H,4-7H2,1-3H3. The largest absolute Gasteiger partial charge is 0.395 e. The fraction of sp³-hybridized carbons (Fsp3) is 1.00. The van der Waals surface area contributed by atoms with E-state index in [0.29, 0.717) is 6.54 Å². The first-order valence-electron chi connectivity index (χ1n) is 4.68. The third-order valence-corrected chi connectivity index (χ3v) is 3.65. The minimum absolute atomic E-state index is 0.0711. The van der Waals surface area contributed by atoms with E-state index in [9.17, 15) is 8.42 Å². The van der Waals surface area contributed by atoms with Gasteiger partial charge in [-0.2, -0.15) is 0 Å². The molecule has 0 rings (SSSR count). The predicted molar refractivity (Wildman–Crippen MR) is 56.6 cm³/mol. The summed E-state index contributed by atoms with van der Waals surface area (Å²) in [4.78, 5) is 0. The summed E-state index contributed by atoms with van der Waals surface area (Å²) in [7, 11) is -1.73. The number of sulfonamides is 1. The van der Waals surface area contributed by atoms with Gasteiger partial charge < -0.3 is 10.4 Å². The molecule has 0 aromatic carbocycles. The molecule has 0 spiro atoms. The Bertz CT molecular complexity index is 239. The Hall–Kier alpha value is -0.170. The third kappa shape index (κ3) is 5.54. The minimum atomic E-state index is -3.21. The second kappa shape index (κ2) is 6.34. The van der Waals surface area contributed by atoms with E-state index in [1.807, 2.05) is 13.8 Å². The predicted octanol–water partition coefficient (Wildman–Crippen LogP) is -0.762. The summed E-state index contributed by atoms with van der Waals surface area (Å²) in [5, 5.41) is 11.6. The Morgan fingerprint density at radius 2 is 2.00 bits per heavy atom. The van der Waals surface area contributed by atoms with E-state index in [2.05, 4.69) is 5.32 Å². The van der Waals surface area contributed by atoms with Crippen molar-refractivity contribution in [1.82, 2.24) is 9.62 Å². The number of hydrogen-bond donors (Lipinski definition) is 2. The van der Waals surface area contributed by atoms with Crippen molar-refractivity contribution >= 4 is 10.0 Å². The van der Waals surface area contributed by atoms with Crippen LogP contribution in [0.15, 0.2) is 0 Å². The maximum atomic E-state index is 11.5. The van der Waals surface area contributed by atoms with Gasteiger partial charge in [-0.3, -0.25) is 0 Å². The van der Waals surface area contributed by atoms with Crippen LogP contribution >= 0.6 is 0 Å². The Labute approximate surface area is 86.2 Å². The van der Waals surface area contributed by atoms with Crippen molar-refractivity contribution in [3.05, 3.63) is 0 Å². The van der Waals surface area contributed by atoms with E-state index in [0.717, 1.165) is 0 Å². The van der Waals surface area contributed by atoms with Crippen molar-refractivity contribution < 1.29 is 13.5 Å². The molecule has 0 bridgehead atoms. The first kappa shape index (κ1) is 13.8. The van der Waals surface area contributed by atoms with Crippen LogP contribution in [0.2, 0.25) is 0 Å². The normalized spacial score (nSPS) is 12.7. The van der Waals surface area contributed by atoms with Crippen LogP contribution in [0, 0.1) is 0 Å². The average Bonchev–Trinajstić information content (AvgIpc) is 2.03. The van der Waals surface area contributed by atoms with Gasteiger partial charge in [-0.25, -0.2) is 12.7 Å². The highest BCUT2D eigenvalue weighted by Gasteiger charge is 2.16. The lowest BCUT2D eigenvalue weighted by atomic mass is 10.4. The maximum Gasteiger partial charge on any atom is 0.215 e. The molecule has 0 unspecified atom stereocenters. The zero-order valence-corrected chi connectivity index (χ0v) is 9.84. The molecule has 0 aromatic heterocycles. The van der Waals surface area contributed by atoms with E-state index in [1.54, 1.807) is 0 Å². The number of hydrogen-bond acceptors (Lipinski definition) is 4. The van der Waals surface area contributed by atoms with Crippen molar-refractivity contribution in [3.8, 4) is 0 Å². The number of nitrogens with zero attached hydrogens (tertiary/aromatic N) is 1. The van der Waals surface area contributed by atoms with Gasteiger partial charge in [0.25, 0.3) is 0 Å². The smallest absolute Gasteiger partial charge is 0.215 e. The first-order chi connectivity index (χ1) is 6.40. The van der Waals surface area contributed by atoms with Gasteiger partial charge in [0, 0.05) is 26.2 Å². The monoisotopic (exact) mass is 224 g/mol. The molecular weight excluding hydrogens is 204 g/mol. The van der Waals surface area contributed by atoms with Crippen LogP contribution in [0.4, 0.5) is 0 Å². The molecule has 0 aliphatic rings. The molecule has 86 valence electrons. The van der Waals surface area contributed by atoms with Crippen LogP contribution in [0.5, 0.6) is 0 Å². The zero-order valence-electron chi connectivity index (χ0n) is 9.02. The number of nitrogens with one attached hydrogen (secondary N) is 1. The van der Waals surface area contributed by atoms with E-state index < -0.39 is 10.0 Å². The van der Waals surface area contributed by atoms with Crippen molar-refractivity contribution in [2.24, 2.45) is 0 Å². The van der Waals surface area contributed by atoms with Crippen molar-refractivity contribution in [3.63, 3.8) is 0 Å². The minimum Gasteiger partial charge on any atom is -0.395 e. The molecule has 0 amide bonds. The zero-order chi connectivity index (χ0) is 11.2. The molecular formula is C8H20N2O3S. The first-order valence-corrected chi connectivity index (χ1v) is 6.29. The summed E-state index contributed by atoms with van der Waals surface area (Å²) in [5.74, 6) is 0.0711. The molecule has 14 heavy (non-hydrogen) atoms. The third-order valence-electron chi connectivity index (χ3n) is 1.80. The highest BCUT2D eigenvalue weighted by molar-refractivity contribution is 7.89. The van der Waals surface area contributed by atoms with Gasteiger partial charge in [-0.15, -0.1) is 0 Å². The Kier molecular flexibility index (Phi) is 6.26. The average molecular weight is 224 g/mol. The lowest BCUT2D eigenvalue weighted by molar-refractivity contribution is 0.266. The molecule has 0 atom stereocenters. The fourth-order valence-electron chi connectivity index (χ4n) is 0.912. The van der Waals surface area contributed by atoms with Gasteiger partial charge in [0.15, 0.2) is 0 Å². The number of aliphatic hydroxyl groups excluding tert-OH is 1. The highest BCUT2D eigenvalue weighted by atomic mass is 32.2. The summed E-state index contributed by atoms with van der Waals surface area (Å²) in [6, 6.07) is 0.286. The van der Waals surface area contributed by atoms with E-state index in [1.165, 1.54) is 11.4 Å². The number of likely N-dealkylation sites (N-methyl/N-ethyl adjacent to an activating group) is 1. The van der Waals surface area contributed by atoms with Crippen LogP contribution in [-0.2, 0) is 10.0 Å². The van der Waals surface area contributed by atoms with Crippen molar-refractivity contribution in [2.75, 3.05) is 32.5 Å². The van der Waals surface area contributed by atoms with Gasteiger partial charge in [0.05, 0.1) is 12.4 Å². The van der Waals surface area contributed by atoms with Crippen LogP contribution in [0.25, 0.3) is 0 Å². The summed E-state index contributed by atoms with van der Waals surface area (Å²) in [6.07, 6.45) is 0. The summed E-state index contributed by atoms with van der Waals surface area (Å²) < 4.78 is 24.1. The quantitative estimate of drug-likeness (QED) is 0.596. The Morgan fingerprint density at radius 1 is 1.43 bits per heavy atom. The SMILES string of the molecule is CC(C)NCCS(=O)(=O)N(C)CCO. The van der Waals surface area contributed by atoms with Crippen LogP contribution in [-0.4, -0.2) is 56.4 Å². The molecule has 0 saturated heterocycles. The molecule has 0 aliphatic heterocycles. The maximum absolute atomic E-state index is 11.5. The second-order valence-electron chi connectivity index (χ2n) is 3.47. The highest BCUT2D eigenvalue weighted by Crippen LogP contribution is 1.96. The van der Waals surface area contributed by atoms with Crippen molar-refractivity contribution in [2.45, 2.75) is 19.9 Å². The Morgan fingerprint density at radius 3 is 2.43 bits per heavy atom. The van der Waals surface area contributed by atoms with Gasteiger partial charge in [-0.05, 0) is 0 Å². The molecule has 6 heteroatoms. The van der Waals surface area contributed by atoms with Gasteiger partial charge >= 0.3 is 0 Å². The van der Waals surface area contributed by atoms with E-state index >= 15 is 0 Å². The molecule has 0 aliphatic carbocycles. The lowest BCUT2D eigenvalue weighted by Gasteiger charge is -2.16. The Balaban J connectivity index is 3.95. The van der Waals surface area contributed by atoms with Gasteiger partial charge in [-0.1, -0.05) is 13.8 Å². The van der Waals surface area contributed by atoms with E-state index in [-0.39, 0.29) is 24.9 Å². The van der Waals surface area contributed by atoms with Crippen LogP contribution in [0.3, 0.4) is 0 Å². The summed E-state index contributed by atoms with van der Waals surface area (Å²) in [5.41, 5.74) is 0. The van der Waals surface area contributed by atoms with E-state index in [4.69, 9.17) is 5.11 Å². The molecule has 0 aromatic rings. The topological polar surface area (TPSA) is 69.6 Å². The number of rotatable bonds is 7. The molecule has 5 nitrogen and oxygen atoms in total. The van der Waals surface area contributed by atoms with Gasteiger partial charge in [0.2, 0.25) is 10.0 Å². The molecule has 0 radical (unpaired) electrons. The molecule has 0 fully saturated rings. The van der Waals surface area contributed by atoms with Crippen molar-refractivity contribution in [1.29, 1.82) is 0 Å². The second-order valence-corrected chi connectivity index (χ2v) is 5.67. The number of aliphatic hydroxyl groups is 1. The molecule has 0 heterocycles. The fourth-order valence-corrected chi connectivity index (χ4v) is 1.96. The lowest BCUT2D eigenvalue weighted by Crippen LogP contribution is -2.36. The van der Waals surface area contributed by atoms with Crippen LogP contribution in [0.1, 0.15) is 13.8 Å². The summed E-state index contributed by atoms with van der Waals surface area (Å²) in [6.45, 7) is 4.38. The summed E-state index contributed by atoms with van der Waals surface area (Å²) >= 11 is 0. The molecule has 0 saturated carbocycles. The van der Waals surface area contributed by atoms with Crippen LogP contribution < -0.4 is 5.32 Å². The molecule has 2 N–H and O–H groups in total. The van der Waals surface area contributed by atoms with Gasteiger partial charge in [0.1, 0.15) is 0 Å².